The molecule has 0 unspecified atom stereocenters. The topological polar surface area (TPSA) is 90.1 Å². The van der Waals surface area contributed by atoms with Gasteiger partial charge in [0.1, 0.15) is 5.75 Å². The van der Waals surface area contributed by atoms with Crippen LogP contribution >= 0.6 is 0 Å². The lowest BCUT2D eigenvalue weighted by molar-refractivity contribution is 0.300. The van der Waals surface area contributed by atoms with Gasteiger partial charge in [0, 0.05) is 12.2 Å². The molecule has 0 amide bonds. The Morgan fingerprint density at radius 1 is 1.25 bits per heavy atom. The number of aromatic amines is 1. The Bertz CT molecular complexity index is 691. The summed E-state index contributed by atoms with van der Waals surface area (Å²) in [7, 11) is 0. The first-order valence-corrected chi connectivity index (χ1v) is 6.04. The Hall–Kier alpha value is -2.57. The molecular weight excluding hydrogens is 265 g/mol. The summed E-state index contributed by atoms with van der Waals surface area (Å²) in [5.41, 5.74) is 4.54. The highest BCUT2D eigenvalue weighted by Gasteiger charge is 2.03. The van der Waals surface area contributed by atoms with Crippen LogP contribution in [0.4, 0.5) is 10.1 Å². The molecule has 106 valence electrons. The van der Waals surface area contributed by atoms with Gasteiger partial charge in [0.05, 0.1) is 12.8 Å². The van der Waals surface area contributed by atoms with E-state index in [1.165, 1.54) is 0 Å². The number of aromatic nitrogens is 2. The van der Waals surface area contributed by atoms with Gasteiger partial charge in [-0.1, -0.05) is 0 Å². The average molecular weight is 279 g/mol. The van der Waals surface area contributed by atoms with Crippen molar-refractivity contribution in [2.24, 2.45) is 0 Å². The van der Waals surface area contributed by atoms with Gasteiger partial charge < -0.3 is 10.5 Å². The second-order valence-electron chi connectivity index (χ2n) is 4.20. The molecule has 0 atom stereocenters. The Labute approximate surface area is 113 Å². The Kier molecular flexibility index (Phi) is 4.19. The number of H-pyrrole nitrogens is 1. The summed E-state index contributed by atoms with van der Waals surface area (Å²) in [6.07, 6.45) is 1.39. The normalized spacial score (nSPS) is 10.4. The number of hydrogen-bond donors (Lipinski definition) is 2. The molecule has 1 aromatic carbocycles. The van der Waals surface area contributed by atoms with Gasteiger partial charge in [-0.25, -0.2) is 4.79 Å². The van der Waals surface area contributed by atoms with Gasteiger partial charge in [0.15, 0.2) is 0 Å². The fourth-order valence-electron chi connectivity index (χ4n) is 1.64. The summed E-state index contributed by atoms with van der Waals surface area (Å²) in [5, 5.41) is 0. The van der Waals surface area contributed by atoms with E-state index in [-0.39, 0.29) is 6.54 Å². The molecule has 0 fully saturated rings. The molecule has 0 spiro atoms. The standard InChI is InChI=1S/C13H14FN3O3/c14-11-8-17(13(19)16-12(11)18)6-1-7-20-10-4-2-9(15)3-5-10/h2-5,8H,1,6-7,15H2,(H,16,18,19). The van der Waals surface area contributed by atoms with Crippen molar-refractivity contribution >= 4 is 5.69 Å². The maximum atomic E-state index is 13.0. The highest BCUT2D eigenvalue weighted by Crippen LogP contribution is 2.13. The van der Waals surface area contributed by atoms with Gasteiger partial charge in [-0.2, -0.15) is 4.39 Å². The van der Waals surface area contributed by atoms with Crippen LogP contribution in [0.25, 0.3) is 0 Å². The van der Waals surface area contributed by atoms with E-state index in [1.54, 1.807) is 24.3 Å². The number of ether oxygens (including phenoxy) is 1. The summed E-state index contributed by atoms with van der Waals surface area (Å²) in [5.74, 6) is -0.316. The zero-order valence-electron chi connectivity index (χ0n) is 10.6. The van der Waals surface area contributed by atoms with Crippen LogP contribution < -0.4 is 21.7 Å². The minimum Gasteiger partial charge on any atom is -0.494 e. The lowest BCUT2D eigenvalue weighted by atomic mass is 10.3. The molecule has 1 aromatic heterocycles. The van der Waals surface area contributed by atoms with E-state index in [0.29, 0.717) is 24.5 Å². The average Bonchev–Trinajstić information content (AvgIpc) is 2.42. The van der Waals surface area contributed by atoms with E-state index in [9.17, 15) is 14.0 Å². The van der Waals surface area contributed by atoms with Crippen LogP contribution in [0.3, 0.4) is 0 Å². The summed E-state index contributed by atoms with van der Waals surface area (Å²) in [4.78, 5) is 24.1. The summed E-state index contributed by atoms with van der Waals surface area (Å²) >= 11 is 0. The SMILES string of the molecule is Nc1ccc(OCCCn2cc(F)c(=O)[nH]c2=O)cc1. The predicted molar refractivity (Wildman–Crippen MR) is 72.2 cm³/mol. The fraction of sp³-hybridized carbons (Fsp3) is 0.231. The van der Waals surface area contributed by atoms with Crippen LogP contribution in [0, 0.1) is 5.82 Å². The molecule has 0 saturated carbocycles. The van der Waals surface area contributed by atoms with Crippen LogP contribution in [-0.2, 0) is 6.54 Å². The minimum atomic E-state index is -1.01. The Morgan fingerprint density at radius 2 is 1.95 bits per heavy atom. The van der Waals surface area contributed by atoms with E-state index in [0.717, 1.165) is 10.8 Å². The van der Waals surface area contributed by atoms with Gasteiger partial charge in [-0.15, -0.1) is 0 Å². The number of nitrogens with one attached hydrogen (secondary N) is 1. The van der Waals surface area contributed by atoms with Crippen molar-refractivity contribution in [1.29, 1.82) is 0 Å². The smallest absolute Gasteiger partial charge is 0.328 e. The molecule has 6 nitrogen and oxygen atoms in total. The number of hydrogen-bond acceptors (Lipinski definition) is 4. The maximum Gasteiger partial charge on any atom is 0.328 e. The second-order valence-corrected chi connectivity index (χ2v) is 4.20. The number of aryl methyl sites for hydroxylation is 1. The zero-order valence-corrected chi connectivity index (χ0v) is 10.6. The van der Waals surface area contributed by atoms with Crippen molar-refractivity contribution in [3.63, 3.8) is 0 Å². The number of nitrogens with two attached hydrogens (primary N) is 1. The Morgan fingerprint density at radius 3 is 2.65 bits per heavy atom. The third-order valence-electron chi connectivity index (χ3n) is 2.66. The van der Waals surface area contributed by atoms with E-state index in [4.69, 9.17) is 10.5 Å². The highest BCUT2D eigenvalue weighted by molar-refractivity contribution is 5.41. The van der Waals surface area contributed by atoms with Crippen LogP contribution in [0.1, 0.15) is 6.42 Å². The van der Waals surface area contributed by atoms with Crippen molar-refractivity contribution < 1.29 is 9.13 Å². The molecule has 0 saturated heterocycles. The quantitative estimate of drug-likeness (QED) is 0.623. The number of benzene rings is 1. The molecule has 20 heavy (non-hydrogen) atoms. The van der Waals surface area contributed by atoms with E-state index >= 15 is 0 Å². The zero-order chi connectivity index (χ0) is 14.5. The van der Waals surface area contributed by atoms with Crippen LogP contribution in [0.5, 0.6) is 5.75 Å². The van der Waals surface area contributed by atoms with E-state index in [1.807, 2.05) is 4.98 Å². The number of nitrogens with zero attached hydrogens (tertiary/aromatic N) is 1. The van der Waals surface area contributed by atoms with Gasteiger partial charge in [0.25, 0.3) is 5.56 Å². The van der Waals surface area contributed by atoms with Crippen LogP contribution in [0.2, 0.25) is 0 Å². The van der Waals surface area contributed by atoms with Crippen molar-refractivity contribution in [2.75, 3.05) is 12.3 Å². The molecule has 0 aliphatic rings. The van der Waals surface area contributed by atoms with E-state index in [2.05, 4.69) is 0 Å². The first kappa shape index (κ1) is 13.9. The first-order chi connectivity index (χ1) is 9.56. The third kappa shape index (κ3) is 3.47. The molecule has 0 aliphatic carbocycles. The second kappa shape index (κ2) is 6.05. The predicted octanol–water partition coefficient (Wildman–Crippen LogP) is 0.727. The number of rotatable bonds is 5. The molecule has 7 heteroatoms. The Balaban J connectivity index is 1.87. The molecule has 2 rings (SSSR count). The molecular formula is C13H14FN3O3. The van der Waals surface area contributed by atoms with Crippen LogP contribution in [-0.4, -0.2) is 16.2 Å². The first-order valence-electron chi connectivity index (χ1n) is 6.04. The van der Waals surface area contributed by atoms with Crippen molar-refractivity contribution in [3.05, 3.63) is 57.1 Å². The summed E-state index contributed by atoms with van der Waals surface area (Å²) in [6.45, 7) is 0.610. The summed E-state index contributed by atoms with van der Waals surface area (Å²) in [6, 6.07) is 6.91. The molecule has 3 N–H and O–H groups in total. The van der Waals surface area contributed by atoms with Crippen molar-refractivity contribution in [1.82, 2.24) is 9.55 Å². The van der Waals surface area contributed by atoms with Crippen molar-refractivity contribution in [3.8, 4) is 5.75 Å². The lowest BCUT2D eigenvalue weighted by Crippen LogP contribution is -2.31. The number of halogens is 1. The largest absolute Gasteiger partial charge is 0.494 e. The number of nitrogen functional groups attached to an aromatic ring is 1. The molecule has 0 radical (unpaired) electrons. The monoisotopic (exact) mass is 279 g/mol. The molecule has 0 aliphatic heterocycles. The highest BCUT2D eigenvalue weighted by atomic mass is 19.1. The van der Waals surface area contributed by atoms with Gasteiger partial charge >= 0.3 is 5.69 Å². The lowest BCUT2D eigenvalue weighted by Gasteiger charge is -2.07. The van der Waals surface area contributed by atoms with Gasteiger partial charge in [0.2, 0.25) is 5.82 Å². The molecule has 1 heterocycles. The van der Waals surface area contributed by atoms with Gasteiger partial charge in [-0.3, -0.25) is 14.3 Å². The number of anilines is 1. The minimum absolute atomic E-state index is 0.251. The van der Waals surface area contributed by atoms with Gasteiger partial charge in [-0.05, 0) is 30.7 Å². The fourth-order valence-corrected chi connectivity index (χ4v) is 1.64. The molecule has 2 aromatic rings. The summed E-state index contributed by atoms with van der Waals surface area (Å²) < 4.78 is 19.6. The van der Waals surface area contributed by atoms with E-state index < -0.39 is 17.1 Å². The third-order valence-corrected chi connectivity index (χ3v) is 2.66. The van der Waals surface area contributed by atoms with Crippen LogP contribution in [0.15, 0.2) is 40.1 Å². The molecule has 0 bridgehead atoms. The van der Waals surface area contributed by atoms with Crippen molar-refractivity contribution in [2.45, 2.75) is 13.0 Å². The maximum absolute atomic E-state index is 13.0.